The van der Waals surface area contributed by atoms with Gasteiger partial charge in [0.15, 0.2) is 5.96 Å². The monoisotopic (exact) mass is 370 g/mol. The van der Waals surface area contributed by atoms with Crippen molar-refractivity contribution in [3.8, 4) is 0 Å². The van der Waals surface area contributed by atoms with Gasteiger partial charge in [0.2, 0.25) is 0 Å². The molecule has 0 atom stereocenters. The normalized spacial score (nSPS) is 11.3. The van der Waals surface area contributed by atoms with Crippen LogP contribution in [0.3, 0.4) is 0 Å². The number of hydrogen-bond acceptors (Lipinski definition) is 3. The molecule has 0 radical (unpaired) electrons. The Morgan fingerprint density at radius 1 is 1.19 bits per heavy atom. The first-order valence-electron chi connectivity index (χ1n) is 9.30. The van der Waals surface area contributed by atoms with Crippen LogP contribution in [0, 0.1) is 0 Å². The number of aryl methyl sites for hydroxylation is 2. The van der Waals surface area contributed by atoms with Gasteiger partial charge in [-0.3, -0.25) is 9.48 Å². The number of carbonyl (C=O) groups excluding carboxylic acids is 1. The van der Waals surface area contributed by atoms with E-state index in [2.05, 4.69) is 27.6 Å². The van der Waals surface area contributed by atoms with Crippen molar-refractivity contribution in [2.75, 3.05) is 27.2 Å². The lowest BCUT2D eigenvalue weighted by Gasteiger charge is -2.12. The van der Waals surface area contributed by atoms with E-state index < -0.39 is 0 Å². The van der Waals surface area contributed by atoms with Crippen molar-refractivity contribution in [3.63, 3.8) is 0 Å². The predicted octanol–water partition coefficient (Wildman–Crippen LogP) is 1.81. The number of aliphatic imine (C=N–C) groups is 1. The SMILES string of the molecule is CCNC(=NCc1ccc(C(=O)N(C)C)cc1)NCCCc1cnn(C)c1. The van der Waals surface area contributed by atoms with Gasteiger partial charge in [0, 0.05) is 46.0 Å². The minimum atomic E-state index is 0.00803. The van der Waals surface area contributed by atoms with E-state index in [-0.39, 0.29) is 5.91 Å². The van der Waals surface area contributed by atoms with Gasteiger partial charge in [0.05, 0.1) is 12.7 Å². The molecule has 0 aliphatic carbocycles. The van der Waals surface area contributed by atoms with Crippen molar-refractivity contribution in [2.45, 2.75) is 26.3 Å². The Bertz CT molecular complexity index is 748. The van der Waals surface area contributed by atoms with Crippen molar-refractivity contribution < 1.29 is 4.79 Å². The van der Waals surface area contributed by atoms with Crippen LogP contribution in [0.1, 0.15) is 34.8 Å². The zero-order chi connectivity index (χ0) is 19.6. The summed E-state index contributed by atoms with van der Waals surface area (Å²) in [5, 5.41) is 10.8. The molecule has 2 N–H and O–H groups in total. The molecule has 146 valence electrons. The van der Waals surface area contributed by atoms with Crippen molar-refractivity contribution >= 4 is 11.9 Å². The van der Waals surface area contributed by atoms with E-state index >= 15 is 0 Å². The Balaban J connectivity index is 1.84. The third-order valence-electron chi connectivity index (χ3n) is 4.06. The molecule has 2 rings (SSSR count). The highest BCUT2D eigenvalue weighted by Crippen LogP contribution is 2.07. The van der Waals surface area contributed by atoms with Crippen LogP contribution in [0.4, 0.5) is 0 Å². The van der Waals surface area contributed by atoms with E-state index in [4.69, 9.17) is 0 Å². The number of carbonyl (C=O) groups is 1. The molecule has 0 saturated carbocycles. The molecule has 27 heavy (non-hydrogen) atoms. The maximum Gasteiger partial charge on any atom is 0.253 e. The molecule has 0 bridgehead atoms. The average Bonchev–Trinajstić information content (AvgIpc) is 3.08. The minimum absolute atomic E-state index is 0.00803. The second kappa shape index (κ2) is 10.4. The molecule has 0 unspecified atom stereocenters. The fraction of sp³-hybridized carbons (Fsp3) is 0.450. The molecule has 7 heteroatoms. The highest BCUT2D eigenvalue weighted by molar-refractivity contribution is 5.93. The maximum absolute atomic E-state index is 11.9. The lowest BCUT2D eigenvalue weighted by Crippen LogP contribution is -2.37. The van der Waals surface area contributed by atoms with Gasteiger partial charge in [-0.2, -0.15) is 5.10 Å². The van der Waals surface area contributed by atoms with Gasteiger partial charge in [-0.1, -0.05) is 12.1 Å². The second-order valence-electron chi connectivity index (χ2n) is 6.64. The van der Waals surface area contributed by atoms with E-state index in [0.29, 0.717) is 12.1 Å². The average molecular weight is 371 g/mol. The molecule has 0 fully saturated rings. The summed E-state index contributed by atoms with van der Waals surface area (Å²) in [6.07, 6.45) is 5.95. The first-order chi connectivity index (χ1) is 13.0. The van der Waals surface area contributed by atoms with Gasteiger partial charge < -0.3 is 15.5 Å². The summed E-state index contributed by atoms with van der Waals surface area (Å²) in [6, 6.07) is 7.60. The smallest absolute Gasteiger partial charge is 0.253 e. The van der Waals surface area contributed by atoms with E-state index in [1.165, 1.54) is 5.56 Å². The standard InChI is InChI=1S/C20H30N6O/c1-5-21-20(22-12-6-7-17-14-24-26(4)15-17)23-13-16-8-10-18(11-9-16)19(27)25(2)3/h8-11,14-15H,5-7,12-13H2,1-4H3,(H2,21,22,23). The number of hydrogen-bond donors (Lipinski definition) is 2. The van der Waals surface area contributed by atoms with Crippen molar-refractivity contribution in [3.05, 3.63) is 53.3 Å². The first-order valence-corrected chi connectivity index (χ1v) is 9.30. The fourth-order valence-corrected chi connectivity index (χ4v) is 2.62. The molecule has 1 aromatic heterocycles. The maximum atomic E-state index is 11.9. The number of nitrogens with one attached hydrogen (secondary N) is 2. The summed E-state index contributed by atoms with van der Waals surface area (Å²) in [5.41, 5.74) is 3.00. The molecule has 7 nitrogen and oxygen atoms in total. The number of amides is 1. The zero-order valence-electron chi connectivity index (χ0n) is 16.7. The van der Waals surface area contributed by atoms with Crippen LogP contribution in [0.5, 0.6) is 0 Å². The molecular formula is C20H30N6O. The number of nitrogens with zero attached hydrogens (tertiary/aromatic N) is 4. The Morgan fingerprint density at radius 3 is 2.52 bits per heavy atom. The summed E-state index contributed by atoms with van der Waals surface area (Å²) in [7, 11) is 5.44. The van der Waals surface area contributed by atoms with Crippen LogP contribution >= 0.6 is 0 Å². The Morgan fingerprint density at radius 2 is 1.93 bits per heavy atom. The van der Waals surface area contributed by atoms with Gasteiger partial charge in [-0.25, -0.2) is 4.99 Å². The molecule has 2 aromatic rings. The largest absolute Gasteiger partial charge is 0.357 e. The summed E-state index contributed by atoms with van der Waals surface area (Å²) < 4.78 is 1.83. The molecule has 1 amide bonds. The number of benzene rings is 1. The Labute approximate surface area is 161 Å². The zero-order valence-corrected chi connectivity index (χ0v) is 16.7. The molecular weight excluding hydrogens is 340 g/mol. The van der Waals surface area contributed by atoms with Gasteiger partial charge in [-0.15, -0.1) is 0 Å². The molecule has 0 aliphatic rings. The minimum Gasteiger partial charge on any atom is -0.357 e. The van der Waals surface area contributed by atoms with E-state index in [1.54, 1.807) is 19.0 Å². The Kier molecular flexibility index (Phi) is 7.85. The first kappa shape index (κ1) is 20.5. The van der Waals surface area contributed by atoms with Crippen molar-refractivity contribution in [2.24, 2.45) is 12.0 Å². The summed E-state index contributed by atoms with van der Waals surface area (Å²) in [6.45, 7) is 4.27. The number of guanidine groups is 1. The van der Waals surface area contributed by atoms with Crippen molar-refractivity contribution in [1.82, 2.24) is 25.3 Å². The van der Waals surface area contributed by atoms with Gasteiger partial charge in [0.25, 0.3) is 5.91 Å². The number of aromatic nitrogens is 2. The van der Waals surface area contributed by atoms with Crippen LogP contribution in [-0.2, 0) is 20.0 Å². The van der Waals surface area contributed by atoms with Crippen LogP contribution in [0.25, 0.3) is 0 Å². The lowest BCUT2D eigenvalue weighted by molar-refractivity contribution is 0.0827. The topological polar surface area (TPSA) is 74.6 Å². The van der Waals surface area contributed by atoms with E-state index in [1.807, 2.05) is 48.4 Å². The molecule has 1 aromatic carbocycles. The predicted molar refractivity (Wildman–Crippen MR) is 109 cm³/mol. The Hall–Kier alpha value is -2.83. The third-order valence-corrected chi connectivity index (χ3v) is 4.06. The van der Waals surface area contributed by atoms with Crippen molar-refractivity contribution in [1.29, 1.82) is 0 Å². The molecule has 0 spiro atoms. The van der Waals surface area contributed by atoms with Gasteiger partial charge in [-0.05, 0) is 43.0 Å². The summed E-state index contributed by atoms with van der Waals surface area (Å²) in [4.78, 5) is 18.1. The third kappa shape index (κ3) is 6.77. The van der Waals surface area contributed by atoms with E-state index in [0.717, 1.165) is 37.5 Å². The number of rotatable bonds is 8. The molecule has 0 aliphatic heterocycles. The molecule has 1 heterocycles. The van der Waals surface area contributed by atoms with E-state index in [9.17, 15) is 4.79 Å². The quantitative estimate of drug-likeness (QED) is 0.422. The lowest BCUT2D eigenvalue weighted by atomic mass is 10.1. The summed E-state index contributed by atoms with van der Waals surface area (Å²) in [5.74, 6) is 0.811. The summed E-state index contributed by atoms with van der Waals surface area (Å²) >= 11 is 0. The second-order valence-corrected chi connectivity index (χ2v) is 6.64. The fourth-order valence-electron chi connectivity index (χ4n) is 2.62. The molecule has 0 saturated heterocycles. The van der Waals surface area contributed by atoms with Gasteiger partial charge >= 0.3 is 0 Å². The van der Waals surface area contributed by atoms with Crippen LogP contribution < -0.4 is 10.6 Å². The van der Waals surface area contributed by atoms with Crippen LogP contribution in [0.2, 0.25) is 0 Å². The van der Waals surface area contributed by atoms with Crippen LogP contribution in [0.15, 0.2) is 41.7 Å². The highest BCUT2D eigenvalue weighted by atomic mass is 16.2. The van der Waals surface area contributed by atoms with Crippen LogP contribution in [-0.4, -0.2) is 53.7 Å². The highest BCUT2D eigenvalue weighted by Gasteiger charge is 2.07. The van der Waals surface area contributed by atoms with Gasteiger partial charge in [0.1, 0.15) is 0 Å².